The molecule has 1 atom stereocenters. The van der Waals surface area contributed by atoms with Gasteiger partial charge in [-0.1, -0.05) is 18.2 Å². The molecular weight excluding hydrogens is 246 g/mol. The molecule has 0 fully saturated rings. The van der Waals surface area contributed by atoms with E-state index >= 15 is 0 Å². The van der Waals surface area contributed by atoms with E-state index < -0.39 is 0 Å². The highest BCUT2D eigenvalue weighted by Gasteiger charge is 2.21. The number of aryl methyl sites for hydroxylation is 1. The zero-order valence-electron chi connectivity index (χ0n) is 9.77. The van der Waals surface area contributed by atoms with Gasteiger partial charge in [-0.2, -0.15) is 0 Å². The van der Waals surface area contributed by atoms with Crippen LogP contribution in [-0.2, 0) is 6.54 Å². The number of hydrogen-bond acceptors (Lipinski definition) is 3. The SMILES string of the molecule is Cc1ccc(CNC2CSc3ccccc32)s1. The van der Waals surface area contributed by atoms with E-state index in [0.29, 0.717) is 6.04 Å². The van der Waals surface area contributed by atoms with Crippen molar-refractivity contribution in [1.82, 2.24) is 5.32 Å². The van der Waals surface area contributed by atoms with Crippen LogP contribution in [-0.4, -0.2) is 5.75 Å². The smallest absolute Gasteiger partial charge is 0.0429 e. The second-order valence-corrected chi connectivity index (χ2v) is 6.73. The maximum absolute atomic E-state index is 3.66. The van der Waals surface area contributed by atoms with E-state index in [1.807, 2.05) is 23.1 Å². The molecule has 1 nitrogen and oxygen atoms in total. The van der Waals surface area contributed by atoms with Gasteiger partial charge in [0.15, 0.2) is 0 Å². The highest BCUT2D eigenvalue weighted by molar-refractivity contribution is 7.99. The summed E-state index contributed by atoms with van der Waals surface area (Å²) in [5.41, 5.74) is 1.46. The maximum atomic E-state index is 3.66. The Morgan fingerprint density at radius 2 is 2.12 bits per heavy atom. The van der Waals surface area contributed by atoms with E-state index in [1.54, 1.807) is 0 Å². The van der Waals surface area contributed by atoms with Crippen LogP contribution in [0.25, 0.3) is 0 Å². The van der Waals surface area contributed by atoms with Crippen LogP contribution in [0.15, 0.2) is 41.3 Å². The van der Waals surface area contributed by atoms with Crippen LogP contribution < -0.4 is 5.32 Å². The predicted octanol–water partition coefficient (Wildman–Crippen LogP) is 3.99. The molecule has 3 heteroatoms. The van der Waals surface area contributed by atoms with Crippen LogP contribution >= 0.6 is 23.1 Å². The van der Waals surface area contributed by atoms with Gasteiger partial charge in [0.1, 0.15) is 0 Å². The Bertz CT molecular complexity index is 518. The van der Waals surface area contributed by atoms with E-state index in [9.17, 15) is 0 Å². The lowest BCUT2D eigenvalue weighted by Crippen LogP contribution is -2.19. The summed E-state index contributed by atoms with van der Waals surface area (Å²) in [5, 5.41) is 3.66. The predicted molar refractivity (Wildman–Crippen MR) is 75.8 cm³/mol. The minimum atomic E-state index is 0.513. The lowest BCUT2D eigenvalue weighted by atomic mass is 10.1. The van der Waals surface area contributed by atoms with Gasteiger partial charge in [0.05, 0.1) is 0 Å². The van der Waals surface area contributed by atoms with Gasteiger partial charge >= 0.3 is 0 Å². The van der Waals surface area contributed by atoms with Crippen molar-refractivity contribution in [3.63, 3.8) is 0 Å². The molecule has 0 saturated heterocycles. The third-order valence-electron chi connectivity index (χ3n) is 3.02. The van der Waals surface area contributed by atoms with Gasteiger partial charge in [-0.05, 0) is 30.7 Å². The maximum Gasteiger partial charge on any atom is 0.0429 e. The van der Waals surface area contributed by atoms with E-state index in [1.165, 1.54) is 20.2 Å². The number of nitrogens with one attached hydrogen (secondary N) is 1. The zero-order valence-corrected chi connectivity index (χ0v) is 11.4. The normalized spacial score (nSPS) is 18.3. The molecule has 0 bridgehead atoms. The first-order chi connectivity index (χ1) is 8.33. The van der Waals surface area contributed by atoms with Crippen LogP contribution in [0.1, 0.15) is 21.4 Å². The monoisotopic (exact) mass is 261 g/mol. The summed E-state index contributed by atoms with van der Waals surface area (Å²) in [7, 11) is 0. The Morgan fingerprint density at radius 1 is 1.24 bits per heavy atom. The zero-order chi connectivity index (χ0) is 11.7. The van der Waals surface area contributed by atoms with Crippen LogP contribution in [0.4, 0.5) is 0 Å². The summed E-state index contributed by atoms with van der Waals surface area (Å²) in [6, 6.07) is 13.6. The lowest BCUT2D eigenvalue weighted by molar-refractivity contribution is 0.588. The van der Waals surface area contributed by atoms with Crippen molar-refractivity contribution >= 4 is 23.1 Å². The van der Waals surface area contributed by atoms with Gasteiger partial charge in [-0.15, -0.1) is 23.1 Å². The summed E-state index contributed by atoms with van der Waals surface area (Å²) >= 11 is 3.84. The minimum Gasteiger partial charge on any atom is -0.304 e. The van der Waals surface area contributed by atoms with Crippen molar-refractivity contribution < 1.29 is 0 Å². The second-order valence-electron chi connectivity index (χ2n) is 4.29. The quantitative estimate of drug-likeness (QED) is 0.896. The molecule has 0 spiro atoms. The molecule has 1 aliphatic rings. The molecule has 1 aromatic carbocycles. The third kappa shape index (κ3) is 2.41. The van der Waals surface area contributed by atoms with Crippen molar-refractivity contribution in [3.8, 4) is 0 Å². The first-order valence-electron chi connectivity index (χ1n) is 5.83. The highest BCUT2D eigenvalue weighted by Crippen LogP contribution is 2.37. The molecular formula is C14H15NS2. The topological polar surface area (TPSA) is 12.0 Å². The van der Waals surface area contributed by atoms with Crippen molar-refractivity contribution in [2.45, 2.75) is 24.4 Å². The van der Waals surface area contributed by atoms with Crippen LogP contribution in [0, 0.1) is 6.92 Å². The van der Waals surface area contributed by atoms with Gasteiger partial charge in [0, 0.05) is 33.0 Å². The Kier molecular flexibility index (Phi) is 3.23. The molecule has 0 radical (unpaired) electrons. The largest absolute Gasteiger partial charge is 0.304 e. The molecule has 17 heavy (non-hydrogen) atoms. The van der Waals surface area contributed by atoms with Gasteiger partial charge in [-0.25, -0.2) is 0 Å². The molecule has 2 heterocycles. The molecule has 1 N–H and O–H groups in total. The summed E-state index contributed by atoms with van der Waals surface area (Å²) in [5.74, 6) is 1.16. The molecule has 1 aromatic heterocycles. The van der Waals surface area contributed by atoms with Gasteiger partial charge in [0.25, 0.3) is 0 Å². The molecule has 1 aliphatic heterocycles. The summed E-state index contributed by atoms with van der Waals surface area (Å²) in [4.78, 5) is 4.26. The van der Waals surface area contributed by atoms with Crippen molar-refractivity contribution in [2.24, 2.45) is 0 Å². The lowest BCUT2D eigenvalue weighted by Gasteiger charge is -2.12. The van der Waals surface area contributed by atoms with Crippen LogP contribution in [0.3, 0.4) is 0 Å². The summed E-state index contributed by atoms with van der Waals surface area (Å²) in [6.45, 7) is 3.15. The molecule has 0 amide bonds. The van der Waals surface area contributed by atoms with E-state index in [0.717, 1.165) is 12.3 Å². The fourth-order valence-corrected chi connectivity index (χ4v) is 4.17. The number of thioether (sulfide) groups is 1. The number of thiophene rings is 1. The molecule has 0 aliphatic carbocycles. The number of rotatable bonds is 3. The number of fused-ring (bicyclic) bond motifs is 1. The Balaban J connectivity index is 1.68. The first kappa shape index (κ1) is 11.3. The Hall–Kier alpha value is -0.770. The fraction of sp³-hybridized carbons (Fsp3) is 0.286. The average molecular weight is 261 g/mol. The van der Waals surface area contributed by atoms with Gasteiger partial charge in [-0.3, -0.25) is 0 Å². The van der Waals surface area contributed by atoms with E-state index in [4.69, 9.17) is 0 Å². The number of hydrogen-bond donors (Lipinski definition) is 1. The van der Waals surface area contributed by atoms with Crippen LogP contribution in [0.2, 0.25) is 0 Å². The van der Waals surface area contributed by atoms with Gasteiger partial charge in [0.2, 0.25) is 0 Å². The summed E-state index contributed by atoms with van der Waals surface area (Å²) < 4.78 is 0. The second kappa shape index (κ2) is 4.84. The highest BCUT2D eigenvalue weighted by atomic mass is 32.2. The average Bonchev–Trinajstić information content (AvgIpc) is 2.93. The third-order valence-corrected chi connectivity index (χ3v) is 5.20. The van der Waals surface area contributed by atoms with E-state index in [-0.39, 0.29) is 0 Å². The number of benzene rings is 1. The Morgan fingerprint density at radius 3 is 2.94 bits per heavy atom. The van der Waals surface area contributed by atoms with Crippen molar-refractivity contribution in [2.75, 3.05) is 5.75 Å². The van der Waals surface area contributed by atoms with Crippen molar-refractivity contribution in [3.05, 3.63) is 51.7 Å². The fourth-order valence-electron chi connectivity index (χ4n) is 2.14. The molecule has 88 valence electrons. The van der Waals surface area contributed by atoms with Crippen molar-refractivity contribution in [1.29, 1.82) is 0 Å². The molecule has 0 saturated carbocycles. The molecule has 3 rings (SSSR count). The van der Waals surface area contributed by atoms with E-state index in [2.05, 4.69) is 48.6 Å². The van der Waals surface area contributed by atoms with Gasteiger partial charge < -0.3 is 5.32 Å². The standard InChI is InChI=1S/C14H15NS2/c1-10-6-7-11(17-10)8-15-13-9-16-14-5-3-2-4-12(13)14/h2-7,13,15H,8-9H2,1H3. The van der Waals surface area contributed by atoms with Crippen LogP contribution in [0.5, 0.6) is 0 Å². The summed E-state index contributed by atoms with van der Waals surface area (Å²) in [6.07, 6.45) is 0. The Labute approximate surface area is 110 Å². The minimum absolute atomic E-state index is 0.513. The molecule has 1 unspecified atom stereocenters. The molecule has 2 aromatic rings. The first-order valence-corrected chi connectivity index (χ1v) is 7.63.